The van der Waals surface area contributed by atoms with Crippen molar-refractivity contribution in [3.8, 4) is 11.5 Å². The number of aliphatic carboxylic acids is 2. The summed E-state index contributed by atoms with van der Waals surface area (Å²) >= 11 is 1.65. The van der Waals surface area contributed by atoms with E-state index in [4.69, 9.17) is 15.2 Å². The normalized spacial score (nSPS) is 15.8. The second-order valence-electron chi connectivity index (χ2n) is 9.20. The zero-order valence-corrected chi connectivity index (χ0v) is 22.7. The monoisotopic (exact) mass is 541 g/mol. The highest BCUT2D eigenvalue weighted by Crippen LogP contribution is 2.28. The number of ether oxygens (including phenoxy) is 2. The van der Waals surface area contributed by atoms with E-state index < -0.39 is 24.1 Å². The molecule has 38 heavy (non-hydrogen) atoms. The third-order valence-electron chi connectivity index (χ3n) is 5.97. The number of nitrogens with zero attached hydrogens (tertiary/aromatic N) is 1. The van der Waals surface area contributed by atoms with Gasteiger partial charge in [0, 0.05) is 10.9 Å². The van der Waals surface area contributed by atoms with Crippen LogP contribution in [-0.4, -0.2) is 51.9 Å². The Hall–Kier alpha value is -3.63. The van der Waals surface area contributed by atoms with Crippen LogP contribution in [0, 0.1) is 13.8 Å². The van der Waals surface area contributed by atoms with E-state index in [1.54, 1.807) is 59.9 Å². The van der Waals surface area contributed by atoms with Crippen molar-refractivity contribution in [2.45, 2.75) is 64.7 Å². The summed E-state index contributed by atoms with van der Waals surface area (Å²) in [6.07, 6.45) is 1.23. The number of nitrogen functional groups attached to an aromatic ring is 1. The lowest BCUT2D eigenvalue weighted by Crippen LogP contribution is -2.47. The third-order valence-corrected chi connectivity index (χ3v) is 6.92. The number of thiazole rings is 1. The van der Waals surface area contributed by atoms with Crippen molar-refractivity contribution in [1.82, 2.24) is 10.3 Å². The fourth-order valence-corrected chi connectivity index (χ4v) is 4.89. The second-order valence-corrected chi connectivity index (χ2v) is 10.3. The minimum atomic E-state index is -1.69. The maximum atomic E-state index is 11.5. The molecule has 0 bridgehead atoms. The van der Waals surface area contributed by atoms with Crippen LogP contribution in [-0.2, 0) is 22.4 Å². The van der Waals surface area contributed by atoms with Crippen LogP contribution in [0.25, 0.3) is 0 Å². The highest BCUT2D eigenvalue weighted by molar-refractivity contribution is 7.15. The Balaban J connectivity index is 0.000000241. The second kappa shape index (κ2) is 13.8. The number of nitrogens with two attached hydrogens (primary N) is 1. The van der Waals surface area contributed by atoms with Crippen LogP contribution < -0.4 is 20.5 Å². The van der Waals surface area contributed by atoms with E-state index in [2.05, 4.69) is 17.2 Å². The first-order valence-corrected chi connectivity index (χ1v) is 13.4. The standard InChI is InChI=1S/C18H18O6.C10H17N3S/c1-11-3-7-13(8-4-11)23-15(17(19)20)16(18(21)22)24-14-9-5-12(2)6-10-14;1-2-5-12-7-3-4-8-9(6-7)14-10(11)13-8/h3-10,15-16H,1-2H3,(H,19,20)(H,21,22);7,12H,2-6H2,1H3,(H2,11,13)/t15-,16-;7-/m10/s1. The topological polar surface area (TPSA) is 144 Å². The van der Waals surface area contributed by atoms with Gasteiger partial charge in [-0.3, -0.25) is 0 Å². The van der Waals surface area contributed by atoms with Gasteiger partial charge < -0.3 is 30.7 Å². The lowest BCUT2D eigenvalue weighted by Gasteiger charge is -2.22. The zero-order chi connectivity index (χ0) is 27.7. The Labute approximate surface area is 226 Å². The van der Waals surface area contributed by atoms with Crippen molar-refractivity contribution in [2.75, 3.05) is 12.3 Å². The number of fused-ring (bicyclic) bond motifs is 1. The smallest absolute Gasteiger partial charge is 0.349 e. The Morgan fingerprint density at radius 3 is 1.95 bits per heavy atom. The molecule has 2 aromatic carbocycles. The van der Waals surface area contributed by atoms with E-state index >= 15 is 0 Å². The van der Waals surface area contributed by atoms with Crippen molar-refractivity contribution in [3.63, 3.8) is 0 Å². The summed E-state index contributed by atoms with van der Waals surface area (Å²) in [6, 6.07) is 13.9. The number of hydrogen-bond donors (Lipinski definition) is 4. The van der Waals surface area contributed by atoms with Gasteiger partial charge >= 0.3 is 11.9 Å². The number of benzene rings is 2. The van der Waals surface area contributed by atoms with Crippen LogP contribution in [0.15, 0.2) is 48.5 Å². The van der Waals surface area contributed by atoms with Gasteiger partial charge in [0.2, 0.25) is 12.2 Å². The molecule has 1 aliphatic carbocycles. The van der Waals surface area contributed by atoms with Crippen molar-refractivity contribution in [3.05, 3.63) is 70.2 Å². The van der Waals surface area contributed by atoms with Gasteiger partial charge in [0.15, 0.2) is 5.13 Å². The Morgan fingerprint density at radius 2 is 1.50 bits per heavy atom. The van der Waals surface area contributed by atoms with Crippen LogP contribution >= 0.6 is 11.3 Å². The lowest BCUT2D eigenvalue weighted by molar-refractivity contribution is -0.161. The van der Waals surface area contributed by atoms with E-state index in [0.717, 1.165) is 35.6 Å². The number of anilines is 1. The van der Waals surface area contributed by atoms with Crippen molar-refractivity contribution < 1.29 is 29.3 Å². The largest absolute Gasteiger partial charge is 0.478 e. The van der Waals surface area contributed by atoms with Crippen LogP contribution in [0.3, 0.4) is 0 Å². The van der Waals surface area contributed by atoms with Crippen molar-refractivity contribution >= 4 is 28.4 Å². The number of carbonyl (C=O) groups is 2. The lowest BCUT2D eigenvalue weighted by atomic mass is 9.98. The molecule has 10 heteroatoms. The molecule has 3 aromatic rings. The van der Waals surface area contributed by atoms with Gasteiger partial charge in [-0.15, -0.1) is 11.3 Å². The minimum Gasteiger partial charge on any atom is -0.478 e. The SMILES string of the molecule is CCCN[C@H]1CCc2nc(N)sc2C1.Cc1ccc(O[C@@H](C(=O)O)[C@@H](Oc2ccc(C)cc2)C(=O)O)cc1. The molecule has 5 N–H and O–H groups in total. The molecule has 0 saturated heterocycles. The Bertz CT molecular complexity index is 1130. The summed E-state index contributed by atoms with van der Waals surface area (Å²) in [4.78, 5) is 28.7. The molecule has 1 aliphatic rings. The fourth-order valence-electron chi connectivity index (χ4n) is 3.93. The van der Waals surface area contributed by atoms with Gasteiger partial charge in [0.25, 0.3) is 0 Å². The molecule has 1 heterocycles. The van der Waals surface area contributed by atoms with E-state index in [-0.39, 0.29) is 11.5 Å². The highest BCUT2D eigenvalue weighted by Gasteiger charge is 2.38. The van der Waals surface area contributed by atoms with Crippen LogP contribution in [0.1, 0.15) is 41.5 Å². The molecule has 0 spiro atoms. The quantitative estimate of drug-likeness (QED) is 0.296. The molecule has 3 atom stereocenters. The summed E-state index contributed by atoms with van der Waals surface area (Å²) < 4.78 is 10.7. The van der Waals surface area contributed by atoms with Gasteiger partial charge in [0.05, 0.1) is 5.69 Å². The molecular weight excluding hydrogens is 506 g/mol. The first-order valence-electron chi connectivity index (χ1n) is 12.6. The third kappa shape index (κ3) is 8.46. The van der Waals surface area contributed by atoms with Gasteiger partial charge in [0.1, 0.15) is 11.5 Å². The molecule has 9 nitrogen and oxygen atoms in total. The van der Waals surface area contributed by atoms with E-state index in [0.29, 0.717) is 6.04 Å². The molecular formula is C28H35N3O6S. The molecule has 0 unspecified atom stereocenters. The first-order chi connectivity index (χ1) is 18.2. The summed E-state index contributed by atoms with van der Waals surface area (Å²) in [5.74, 6) is -2.33. The molecule has 204 valence electrons. The number of aryl methyl sites for hydroxylation is 3. The van der Waals surface area contributed by atoms with E-state index in [1.807, 2.05) is 13.8 Å². The zero-order valence-electron chi connectivity index (χ0n) is 21.8. The van der Waals surface area contributed by atoms with Gasteiger partial charge in [-0.25, -0.2) is 14.6 Å². The Morgan fingerprint density at radius 1 is 1.00 bits per heavy atom. The van der Waals surface area contributed by atoms with Gasteiger partial charge in [-0.1, -0.05) is 42.3 Å². The highest BCUT2D eigenvalue weighted by atomic mass is 32.1. The fraction of sp³-hybridized carbons (Fsp3) is 0.393. The van der Waals surface area contributed by atoms with Crippen LogP contribution in [0.2, 0.25) is 0 Å². The number of hydrogen-bond acceptors (Lipinski definition) is 8. The molecule has 1 aromatic heterocycles. The number of nitrogens with one attached hydrogen (secondary N) is 1. The van der Waals surface area contributed by atoms with Gasteiger partial charge in [-0.05, 0) is 70.3 Å². The number of carboxylic acid groups (broad SMARTS) is 2. The number of aromatic nitrogens is 1. The summed E-state index contributed by atoms with van der Waals surface area (Å²) in [5, 5.41) is 23.0. The van der Waals surface area contributed by atoms with Crippen LogP contribution in [0.5, 0.6) is 11.5 Å². The summed E-state index contributed by atoms with van der Waals surface area (Å²) in [7, 11) is 0. The molecule has 0 aliphatic heterocycles. The Kier molecular flexibility index (Phi) is 10.5. The molecule has 0 saturated carbocycles. The van der Waals surface area contributed by atoms with Crippen LogP contribution in [0.4, 0.5) is 5.13 Å². The summed E-state index contributed by atoms with van der Waals surface area (Å²) in [5.41, 5.74) is 8.87. The molecule has 0 amide bonds. The van der Waals surface area contributed by atoms with E-state index in [1.165, 1.54) is 23.4 Å². The molecule has 4 rings (SSSR count). The summed E-state index contributed by atoms with van der Waals surface area (Å²) in [6.45, 7) is 7.07. The van der Waals surface area contributed by atoms with Crippen molar-refractivity contribution in [2.24, 2.45) is 0 Å². The van der Waals surface area contributed by atoms with Crippen molar-refractivity contribution in [1.29, 1.82) is 0 Å². The van der Waals surface area contributed by atoms with E-state index in [9.17, 15) is 19.8 Å². The minimum absolute atomic E-state index is 0.256. The van der Waals surface area contributed by atoms with Gasteiger partial charge in [-0.2, -0.15) is 0 Å². The maximum Gasteiger partial charge on any atom is 0.349 e. The average molecular weight is 542 g/mol. The molecule has 0 fully saturated rings. The average Bonchev–Trinajstić information content (AvgIpc) is 3.26. The molecule has 0 radical (unpaired) electrons. The maximum absolute atomic E-state index is 11.5. The number of rotatable bonds is 10. The first kappa shape index (κ1) is 28.9. The predicted molar refractivity (Wildman–Crippen MR) is 147 cm³/mol. The predicted octanol–water partition coefficient (Wildman–Crippen LogP) is 4.25. The number of carboxylic acids is 2.